The molecule has 1 nitrogen and oxygen atoms in total. The van der Waals surface area contributed by atoms with Crippen LogP contribution < -0.4 is 0 Å². The van der Waals surface area contributed by atoms with E-state index in [0.29, 0.717) is 5.75 Å². The first kappa shape index (κ1) is 8.85. The first-order valence-electron chi connectivity index (χ1n) is 4.00. The van der Waals surface area contributed by atoms with Crippen molar-refractivity contribution >= 4 is 6.08 Å². The van der Waals surface area contributed by atoms with Crippen LogP contribution in [0.4, 0.5) is 0 Å². The lowest BCUT2D eigenvalue weighted by molar-refractivity contribution is 0.469. The summed E-state index contributed by atoms with van der Waals surface area (Å²) < 4.78 is 0. The highest BCUT2D eigenvalue weighted by Gasteiger charge is 2.06. The van der Waals surface area contributed by atoms with E-state index in [4.69, 9.17) is 0 Å². The second kappa shape index (κ2) is 3.02. The van der Waals surface area contributed by atoms with Gasteiger partial charge in [-0.05, 0) is 37.5 Å². The Bertz CT molecular complexity index is 324. The van der Waals surface area contributed by atoms with Crippen LogP contribution in [0.5, 0.6) is 5.75 Å². The second-order valence-electron chi connectivity index (χ2n) is 3.10. The van der Waals surface area contributed by atoms with E-state index in [1.54, 1.807) is 6.08 Å². The maximum absolute atomic E-state index is 9.69. The summed E-state index contributed by atoms with van der Waals surface area (Å²) in [5.41, 5.74) is 3.98. The molecule has 0 saturated heterocycles. The molecule has 0 aromatic heterocycles. The smallest absolute Gasteiger partial charge is 0.126 e. The van der Waals surface area contributed by atoms with Crippen LogP contribution in [0, 0.1) is 20.8 Å². The van der Waals surface area contributed by atoms with E-state index in [0.717, 1.165) is 22.3 Å². The van der Waals surface area contributed by atoms with Crippen molar-refractivity contribution in [2.24, 2.45) is 0 Å². The van der Waals surface area contributed by atoms with Gasteiger partial charge < -0.3 is 5.11 Å². The van der Waals surface area contributed by atoms with Crippen molar-refractivity contribution in [3.05, 3.63) is 34.9 Å². The number of rotatable bonds is 1. The average molecular weight is 162 g/mol. The first-order valence-corrected chi connectivity index (χ1v) is 4.00. The minimum atomic E-state index is 0.363. The Morgan fingerprint density at radius 2 is 1.83 bits per heavy atom. The third-order valence-electron chi connectivity index (χ3n) is 2.26. The molecule has 0 aliphatic carbocycles. The van der Waals surface area contributed by atoms with Crippen LogP contribution in [0.2, 0.25) is 0 Å². The third kappa shape index (κ3) is 1.22. The number of hydrogen-bond donors (Lipinski definition) is 1. The summed E-state index contributed by atoms with van der Waals surface area (Å²) in [6.07, 6.45) is 1.69. The van der Waals surface area contributed by atoms with Crippen LogP contribution in [0.3, 0.4) is 0 Å². The molecule has 1 N–H and O–H groups in total. The highest BCUT2D eigenvalue weighted by atomic mass is 16.3. The molecule has 0 radical (unpaired) electrons. The number of aromatic hydroxyl groups is 1. The molecule has 0 saturated carbocycles. The Hall–Kier alpha value is -1.24. The molecule has 64 valence electrons. The second-order valence-corrected chi connectivity index (χ2v) is 3.10. The predicted octanol–water partition coefficient (Wildman–Crippen LogP) is 2.96. The fourth-order valence-corrected chi connectivity index (χ4v) is 1.34. The van der Waals surface area contributed by atoms with Crippen molar-refractivity contribution < 1.29 is 5.11 Å². The topological polar surface area (TPSA) is 20.2 Å². The minimum absolute atomic E-state index is 0.363. The predicted molar refractivity (Wildman–Crippen MR) is 52.4 cm³/mol. The molecule has 0 spiro atoms. The summed E-state index contributed by atoms with van der Waals surface area (Å²) in [5.74, 6) is 0.363. The molecule has 0 aliphatic rings. The summed E-state index contributed by atoms with van der Waals surface area (Å²) >= 11 is 0. The van der Waals surface area contributed by atoms with Crippen molar-refractivity contribution in [1.82, 2.24) is 0 Å². The van der Waals surface area contributed by atoms with Crippen LogP contribution >= 0.6 is 0 Å². The van der Waals surface area contributed by atoms with Crippen LogP contribution in [-0.2, 0) is 0 Å². The fraction of sp³-hybridized carbons (Fsp3) is 0.273. The summed E-state index contributed by atoms with van der Waals surface area (Å²) in [7, 11) is 0. The molecule has 1 rings (SSSR count). The molecule has 1 heteroatoms. The van der Waals surface area contributed by atoms with Gasteiger partial charge in [0.05, 0.1) is 0 Å². The molecule has 0 fully saturated rings. The SMILES string of the molecule is C=Cc1c(C)cc(C)c(C)c1O. The third-order valence-corrected chi connectivity index (χ3v) is 2.26. The van der Waals surface area contributed by atoms with Crippen molar-refractivity contribution in [1.29, 1.82) is 0 Å². The maximum Gasteiger partial charge on any atom is 0.126 e. The molecule has 12 heavy (non-hydrogen) atoms. The Morgan fingerprint density at radius 1 is 1.25 bits per heavy atom. The van der Waals surface area contributed by atoms with Gasteiger partial charge in [-0.25, -0.2) is 0 Å². The Labute approximate surface area is 73.4 Å². The lowest BCUT2D eigenvalue weighted by Crippen LogP contribution is -1.89. The summed E-state index contributed by atoms with van der Waals surface area (Å²) in [4.78, 5) is 0. The zero-order valence-electron chi connectivity index (χ0n) is 7.81. The highest BCUT2D eigenvalue weighted by Crippen LogP contribution is 2.28. The number of benzene rings is 1. The zero-order valence-corrected chi connectivity index (χ0v) is 7.81. The molecule has 0 atom stereocenters. The summed E-state index contributed by atoms with van der Waals surface area (Å²) in [5, 5.41) is 9.69. The molecule has 0 unspecified atom stereocenters. The number of aryl methyl sites for hydroxylation is 2. The molecule has 0 amide bonds. The molecule has 1 aromatic carbocycles. The van der Waals surface area contributed by atoms with Gasteiger partial charge in [0.25, 0.3) is 0 Å². The van der Waals surface area contributed by atoms with Gasteiger partial charge in [0, 0.05) is 5.56 Å². The van der Waals surface area contributed by atoms with Gasteiger partial charge in [-0.2, -0.15) is 0 Å². The van der Waals surface area contributed by atoms with Crippen LogP contribution in [-0.4, -0.2) is 5.11 Å². The maximum atomic E-state index is 9.69. The molecule has 0 heterocycles. The van der Waals surface area contributed by atoms with Gasteiger partial charge >= 0.3 is 0 Å². The summed E-state index contributed by atoms with van der Waals surface area (Å²) in [6, 6.07) is 2.06. The van der Waals surface area contributed by atoms with Crippen molar-refractivity contribution in [3.8, 4) is 5.75 Å². The fourth-order valence-electron chi connectivity index (χ4n) is 1.34. The molecular weight excluding hydrogens is 148 g/mol. The van der Waals surface area contributed by atoms with Gasteiger partial charge in [-0.1, -0.05) is 18.7 Å². The van der Waals surface area contributed by atoms with E-state index in [1.165, 1.54) is 0 Å². The van der Waals surface area contributed by atoms with E-state index in [9.17, 15) is 5.11 Å². The van der Waals surface area contributed by atoms with Crippen molar-refractivity contribution in [2.45, 2.75) is 20.8 Å². The van der Waals surface area contributed by atoms with Crippen LogP contribution in [0.25, 0.3) is 6.08 Å². The van der Waals surface area contributed by atoms with Gasteiger partial charge in [0.2, 0.25) is 0 Å². The van der Waals surface area contributed by atoms with Gasteiger partial charge in [0.15, 0.2) is 0 Å². The largest absolute Gasteiger partial charge is 0.507 e. The lowest BCUT2D eigenvalue weighted by atomic mass is 9.99. The van der Waals surface area contributed by atoms with Crippen LogP contribution in [0.1, 0.15) is 22.3 Å². The van der Waals surface area contributed by atoms with Gasteiger partial charge in [-0.15, -0.1) is 0 Å². The Morgan fingerprint density at radius 3 is 2.33 bits per heavy atom. The monoisotopic (exact) mass is 162 g/mol. The quantitative estimate of drug-likeness (QED) is 0.673. The average Bonchev–Trinajstić information content (AvgIpc) is 2.01. The first-order chi connectivity index (χ1) is 5.57. The number of phenolic OH excluding ortho intramolecular Hbond substituents is 1. The zero-order chi connectivity index (χ0) is 9.30. The van der Waals surface area contributed by atoms with E-state index >= 15 is 0 Å². The molecule has 1 aromatic rings. The van der Waals surface area contributed by atoms with Gasteiger partial charge in [-0.3, -0.25) is 0 Å². The molecular formula is C11H14O. The van der Waals surface area contributed by atoms with E-state index in [2.05, 4.69) is 12.6 Å². The normalized spacial score (nSPS) is 9.92. The van der Waals surface area contributed by atoms with Crippen LogP contribution in [0.15, 0.2) is 12.6 Å². The Balaban J connectivity index is 3.51. The number of hydrogen-bond acceptors (Lipinski definition) is 1. The highest BCUT2D eigenvalue weighted by molar-refractivity contribution is 5.63. The Kier molecular flexibility index (Phi) is 2.22. The molecule has 0 aliphatic heterocycles. The lowest BCUT2D eigenvalue weighted by Gasteiger charge is -2.09. The van der Waals surface area contributed by atoms with Gasteiger partial charge in [0.1, 0.15) is 5.75 Å². The van der Waals surface area contributed by atoms with Crippen molar-refractivity contribution in [3.63, 3.8) is 0 Å². The van der Waals surface area contributed by atoms with E-state index in [1.807, 2.05) is 20.8 Å². The van der Waals surface area contributed by atoms with E-state index < -0.39 is 0 Å². The molecule has 0 bridgehead atoms. The van der Waals surface area contributed by atoms with E-state index in [-0.39, 0.29) is 0 Å². The summed E-state index contributed by atoms with van der Waals surface area (Å²) in [6.45, 7) is 9.55. The number of phenols is 1. The minimum Gasteiger partial charge on any atom is -0.507 e. The van der Waals surface area contributed by atoms with Crippen molar-refractivity contribution in [2.75, 3.05) is 0 Å². The standard InChI is InChI=1S/C11H14O/c1-5-10-8(3)6-7(2)9(4)11(10)12/h5-6,12H,1H2,2-4H3.